The zero-order valence-corrected chi connectivity index (χ0v) is 10.9. The Morgan fingerprint density at radius 2 is 2.44 bits per heavy atom. The van der Waals surface area contributed by atoms with Gasteiger partial charge in [-0.05, 0) is 18.1 Å². The minimum absolute atomic E-state index is 0.0814. The molecular weight excluding hydrogens is 226 g/mol. The molecule has 18 heavy (non-hydrogen) atoms. The van der Waals surface area contributed by atoms with E-state index in [9.17, 15) is 4.79 Å². The lowest BCUT2D eigenvalue weighted by atomic mass is 10.0. The highest BCUT2D eigenvalue weighted by Crippen LogP contribution is 2.17. The molecule has 1 aromatic rings. The van der Waals surface area contributed by atoms with Gasteiger partial charge in [0, 0.05) is 31.4 Å². The summed E-state index contributed by atoms with van der Waals surface area (Å²) in [4.78, 5) is 18.4. The Labute approximate surface area is 108 Å². The number of hydrogen-bond acceptors (Lipinski definition) is 3. The van der Waals surface area contributed by atoms with E-state index in [0.717, 1.165) is 43.5 Å². The van der Waals surface area contributed by atoms with Crippen molar-refractivity contribution in [2.24, 2.45) is 5.73 Å². The largest absolute Gasteiger partial charge is 0.337 e. The lowest BCUT2D eigenvalue weighted by Gasteiger charge is -2.30. The van der Waals surface area contributed by atoms with Crippen LogP contribution < -0.4 is 5.73 Å². The van der Waals surface area contributed by atoms with Crippen LogP contribution in [0.4, 0.5) is 0 Å². The van der Waals surface area contributed by atoms with Crippen LogP contribution >= 0.6 is 0 Å². The quantitative estimate of drug-likeness (QED) is 0.876. The molecule has 2 rings (SSSR count). The van der Waals surface area contributed by atoms with E-state index in [4.69, 9.17) is 5.73 Å². The highest BCUT2D eigenvalue weighted by molar-refractivity contribution is 5.81. The average Bonchev–Trinajstić information content (AvgIpc) is 2.43. The first-order valence-electron chi connectivity index (χ1n) is 6.69. The van der Waals surface area contributed by atoms with E-state index in [0.29, 0.717) is 6.54 Å². The van der Waals surface area contributed by atoms with Crippen LogP contribution in [0.15, 0.2) is 18.3 Å². The molecule has 2 N–H and O–H groups in total. The second-order valence-corrected chi connectivity index (χ2v) is 4.87. The summed E-state index contributed by atoms with van der Waals surface area (Å²) in [6, 6.07) is 3.62. The summed E-state index contributed by atoms with van der Waals surface area (Å²) in [5.74, 6) is 0.0814. The Morgan fingerprint density at radius 3 is 3.22 bits per heavy atom. The van der Waals surface area contributed by atoms with Crippen molar-refractivity contribution in [1.29, 1.82) is 0 Å². The van der Waals surface area contributed by atoms with Crippen LogP contribution in [0.5, 0.6) is 0 Å². The summed E-state index contributed by atoms with van der Waals surface area (Å²) in [6.07, 6.45) is 5.52. The second kappa shape index (κ2) is 5.96. The molecule has 1 atom stereocenters. The fourth-order valence-electron chi connectivity index (χ4n) is 2.34. The number of nitrogens with zero attached hydrogens (tertiary/aromatic N) is 2. The summed E-state index contributed by atoms with van der Waals surface area (Å²) in [6.45, 7) is 3.50. The first kappa shape index (κ1) is 13.0. The van der Waals surface area contributed by atoms with Crippen LogP contribution in [-0.2, 0) is 17.8 Å². The third-order valence-electron chi connectivity index (χ3n) is 3.46. The number of carbonyl (C=O) groups is 1. The van der Waals surface area contributed by atoms with Gasteiger partial charge in [-0.1, -0.05) is 25.8 Å². The smallest absolute Gasteiger partial charge is 0.239 e. The van der Waals surface area contributed by atoms with Gasteiger partial charge in [-0.15, -0.1) is 0 Å². The molecule has 0 spiro atoms. The summed E-state index contributed by atoms with van der Waals surface area (Å²) in [5, 5.41) is 0. The molecule has 4 heteroatoms. The summed E-state index contributed by atoms with van der Waals surface area (Å²) in [5.41, 5.74) is 8.21. The fourth-order valence-corrected chi connectivity index (χ4v) is 2.34. The van der Waals surface area contributed by atoms with E-state index < -0.39 is 0 Å². The Balaban J connectivity index is 1.98. The zero-order chi connectivity index (χ0) is 13.0. The Kier molecular flexibility index (Phi) is 4.31. The van der Waals surface area contributed by atoms with Crippen molar-refractivity contribution >= 4 is 5.91 Å². The fraction of sp³-hybridized carbons (Fsp3) is 0.571. The molecule has 1 aliphatic rings. The number of carbonyl (C=O) groups excluding carboxylic acids is 1. The van der Waals surface area contributed by atoms with Crippen LogP contribution in [0.3, 0.4) is 0 Å². The maximum atomic E-state index is 12.2. The monoisotopic (exact) mass is 247 g/mol. The minimum Gasteiger partial charge on any atom is -0.337 e. The van der Waals surface area contributed by atoms with E-state index in [2.05, 4.69) is 11.9 Å². The number of aromatic nitrogens is 1. The number of nitrogens with two attached hydrogens (primary N) is 1. The van der Waals surface area contributed by atoms with Crippen molar-refractivity contribution < 1.29 is 4.79 Å². The normalized spacial score (nSPS) is 16.2. The van der Waals surface area contributed by atoms with Gasteiger partial charge in [-0.3, -0.25) is 9.78 Å². The van der Waals surface area contributed by atoms with Crippen LogP contribution in [-0.4, -0.2) is 28.4 Å². The number of unbranched alkanes of at least 4 members (excludes halogenated alkanes) is 1. The molecule has 0 aliphatic carbocycles. The molecule has 2 heterocycles. The van der Waals surface area contributed by atoms with Crippen LogP contribution in [0.2, 0.25) is 0 Å². The SMILES string of the molecule is CCCC[C@H](N)C(=O)N1CCc2ncccc2C1. The van der Waals surface area contributed by atoms with Gasteiger partial charge in [-0.2, -0.15) is 0 Å². The summed E-state index contributed by atoms with van der Waals surface area (Å²) < 4.78 is 0. The van der Waals surface area contributed by atoms with Gasteiger partial charge in [0.15, 0.2) is 0 Å². The number of pyridine rings is 1. The van der Waals surface area contributed by atoms with Crippen molar-refractivity contribution in [2.75, 3.05) is 6.54 Å². The maximum absolute atomic E-state index is 12.2. The van der Waals surface area contributed by atoms with E-state index >= 15 is 0 Å². The van der Waals surface area contributed by atoms with Gasteiger partial charge in [0.1, 0.15) is 0 Å². The molecule has 0 saturated carbocycles. The van der Waals surface area contributed by atoms with Crippen LogP contribution in [0.1, 0.15) is 37.4 Å². The Hall–Kier alpha value is -1.42. The van der Waals surface area contributed by atoms with Gasteiger partial charge >= 0.3 is 0 Å². The molecule has 1 amide bonds. The summed E-state index contributed by atoms with van der Waals surface area (Å²) in [7, 11) is 0. The first-order valence-corrected chi connectivity index (χ1v) is 6.69. The van der Waals surface area contributed by atoms with Crippen molar-refractivity contribution in [3.8, 4) is 0 Å². The average molecular weight is 247 g/mol. The van der Waals surface area contributed by atoms with Gasteiger partial charge in [0.05, 0.1) is 6.04 Å². The summed E-state index contributed by atoms with van der Waals surface area (Å²) >= 11 is 0. The molecule has 0 fully saturated rings. The van der Waals surface area contributed by atoms with Gasteiger partial charge in [-0.25, -0.2) is 0 Å². The highest BCUT2D eigenvalue weighted by Gasteiger charge is 2.24. The van der Waals surface area contributed by atoms with Crippen molar-refractivity contribution in [2.45, 2.75) is 45.2 Å². The van der Waals surface area contributed by atoms with E-state index in [-0.39, 0.29) is 11.9 Å². The molecule has 1 aromatic heterocycles. The number of hydrogen-bond donors (Lipinski definition) is 1. The second-order valence-electron chi connectivity index (χ2n) is 4.87. The zero-order valence-electron chi connectivity index (χ0n) is 10.9. The Morgan fingerprint density at radius 1 is 1.61 bits per heavy atom. The highest BCUT2D eigenvalue weighted by atomic mass is 16.2. The number of rotatable bonds is 4. The van der Waals surface area contributed by atoms with E-state index in [1.54, 1.807) is 0 Å². The lowest BCUT2D eigenvalue weighted by molar-refractivity contribution is -0.133. The predicted molar refractivity (Wildman–Crippen MR) is 70.9 cm³/mol. The van der Waals surface area contributed by atoms with Crippen molar-refractivity contribution in [3.05, 3.63) is 29.6 Å². The van der Waals surface area contributed by atoms with Gasteiger partial charge < -0.3 is 10.6 Å². The minimum atomic E-state index is -0.344. The Bertz CT molecular complexity index is 419. The lowest BCUT2D eigenvalue weighted by Crippen LogP contribution is -2.45. The molecule has 0 unspecified atom stereocenters. The molecule has 0 radical (unpaired) electrons. The molecule has 1 aliphatic heterocycles. The van der Waals surface area contributed by atoms with Gasteiger partial charge in [0.25, 0.3) is 0 Å². The van der Waals surface area contributed by atoms with Crippen LogP contribution in [0, 0.1) is 0 Å². The van der Waals surface area contributed by atoms with Crippen LogP contribution in [0.25, 0.3) is 0 Å². The number of fused-ring (bicyclic) bond motifs is 1. The molecule has 98 valence electrons. The molecule has 4 nitrogen and oxygen atoms in total. The molecule has 0 bridgehead atoms. The first-order chi connectivity index (χ1) is 8.72. The van der Waals surface area contributed by atoms with Crippen molar-refractivity contribution in [3.63, 3.8) is 0 Å². The predicted octanol–water partition coefficient (Wildman–Crippen LogP) is 1.48. The third-order valence-corrected chi connectivity index (χ3v) is 3.46. The molecular formula is C14H21N3O. The van der Waals surface area contributed by atoms with Gasteiger partial charge in [0.2, 0.25) is 5.91 Å². The third kappa shape index (κ3) is 2.88. The van der Waals surface area contributed by atoms with E-state index in [1.807, 2.05) is 23.2 Å². The molecule has 0 saturated heterocycles. The standard InChI is InChI=1S/C14H21N3O/c1-2-3-6-12(15)14(18)17-9-7-13-11(10-17)5-4-8-16-13/h4-5,8,12H,2-3,6-7,9-10,15H2,1H3/t12-/m0/s1. The molecule has 0 aromatic carbocycles. The number of amides is 1. The topological polar surface area (TPSA) is 59.2 Å². The van der Waals surface area contributed by atoms with E-state index in [1.165, 1.54) is 0 Å². The maximum Gasteiger partial charge on any atom is 0.239 e. The van der Waals surface area contributed by atoms with Crippen molar-refractivity contribution in [1.82, 2.24) is 9.88 Å².